The number of nitrogens with zero attached hydrogens (tertiary/aromatic N) is 4. The minimum Gasteiger partial charge on any atom is -0.337 e. The molecule has 1 aromatic carbocycles. The number of benzene rings is 1. The summed E-state index contributed by atoms with van der Waals surface area (Å²) in [5.74, 6) is -0.0785. The third-order valence-electron chi connectivity index (χ3n) is 4.32. The van der Waals surface area contributed by atoms with E-state index in [9.17, 15) is 14.9 Å². The standard InChI is InChI=1S/C16H19N5O3/c1-17-12-6-9-19(10-7-12)16(22)15-8-11-20(18-15)13-2-4-14(5-3-13)21(23)24/h2-5,8,11-12,17H,6-7,9-10H2,1H3. The van der Waals surface area contributed by atoms with Crippen LogP contribution in [0.2, 0.25) is 0 Å². The van der Waals surface area contributed by atoms with Crippen molar-refractivity contribution in [1.82, 2.24) is 20.0 Å². The van der Waals surface area contributed by atoms with Crippen molar-refractivity contribution in [1.29, 1.82) is 0 Å². The van der Waals surface area contributed by atoms with Crippen LogP contribution in [0.5, 0.6) is 0 Å². The number of amides is 1. The Bertz CT molecular complexity index is 732. The first-order chi connectivity index (χ1) is 11.6. The summed E-state index contributed by atoms with van der Waals surface area (Å²) in [4.78, 5) is 24.6. The van der Waals surface area contributed by atoms with Gasteiger partial charge in [-0.15, -0.1) is 0 Å². The largest absolute Gasteiger partial charge is 0.337 e. The number of hydrogen-bond acceptors (Lipinski definition) is 5. The number of carbonyl (C=O) groups is 1. The fourth-order valence-electron chi connectivity index (χ4n) is 2.84. The lowest BCUT2D eigenvalue weighted by atomic mass is 10.1. The lowest BCUT2D eigenvalue weighted by Crippen LogP contribution is -2.44. The van der Waals surface area contributed by atoms with E-state index in [1.807, 2.05) is 11.9 Å². The van der Waals surface area contributed by atoms with Crippen LogP contribution in [0.3, 0.4) is 0 Å². The molecule has 1 aliphatic rings. The molecule has 8 nitrogen and oxygen atoms in total. The topological polar surface area (TPSA) is 93.3 Å². The van der Waals surface area contributed by atoms with Crippen molar-refractivity contribution in [2.75, 3.05) is 20.1 Å². The zero-order valence-electron chi connectivity index (χ0n) is 13.4. The summed E-state index contributed by atoms with van der Waals surface area (Å²) in [5.41, 5.74) is 1.08. The second-order valence-electron chi connectivity index (χ2n) is 5.77. The molecule has 0 aliphatic carbocycles. The van der Waals surface area contributed by atoms with Crippen molar-refractivity contribution in [3.63, 3.8) is 0 Å². The zero-order chi connectivity index (χ0) is 17.1. The molecule has 3 rings (SSSR count). The molecular weight excluding hydrogens is 310 g/mol. The third-order valence-corrected chi connectivity index (χ3v) is 4.32. The molecule has 1 aliphatic heterocycles. The molecule has 0 unspecified atom stereocenters. The van der Waals surface area contributed by atoms with Crippen molar-refractivity contribution in [3.05, 3.63) is 52.3 Å². The summed E-state index contributed by atoms with van der Waals surface area (Å²) in [5, 5.41) is 18.2. The molecule has 2 aromatic rings. The fraction of sp³-hybridized carbons (Fsp3) is 0.375. The molecule has 1 aromatic heterocycles. The van der Waals surface area contributed by atoms with Crippen LogP contribution in [0.15, 0.2) is 36.5 Å². The number of hydrogen-bond donors (Lipinski definition) is 1. The van der Waals surface area contributed by atoms with Gasteiger partial charge in [-0.3, -0.25) is 14.9 Å². The number of nitrogens with one attached hydrogen (secondary N) is 1. The van der Waals surface area contributed by atoms with Gasteiger partial charge in [0.2, 0.25) is 0 Å². The Balaban J connectivity index is 1.71. The summed E-state index contributed by atoms with van der Waals surface area (Å²) in [6.45, 7) is 1.43. The second kappa shape index (κ2) is 6.79. The molecule has 0 atom stereocenters. The van der Waals surface area contributed by atoms with E-state index in [1.54, 1.807) is 29.1 Å². The monoisotopic (exact) mass is 329 g/mol. The summed E-state index contributed by atoms with van der Waals surface area (Å²) >= 11 is 0. The second-order valence-corrected chi connectivity index (χ2v) is 5.77. The first kappa shape index (κ1) is 16.1. The minimum atomic E-state index is -0.448. The maximum absolute atomic E-state index is 12.5. The number of non-ortho nitro benzene ring substituents is 1. The number of nitro benzene ring substituents is 1. The molecule has 1 fully saturated rings. The van der Waals surface area contributed by atoms with E-state index in [4.69, 9.17) is 0 Å². The maximum atomic E-state index is 12.5. The molecular formula is C16H19N5O3. The Hall–Kier alpha value is -2.74. The molecule has 2 heterocycles. The molecule has 1 N–H and O–H groups in total. The lowest BCUT2D eigenvalue weighted by molar-refractivity contribution is -0.384. The fourth-order valence-corrected chi connectivity index (χ4v) is 2.84. The van der Waals surface area contributed by atoms with Gasteiger partial charge in [0.1, 0.15) is 0 Å². The van der Waals surface area contributed by atoms with E-state index >= 15 is 0 Å². The van der Waals surface area contributed by atoms with Gasteiger partial charge in [-0.2, -0.15) is 5.10 Å². The van der Waals surface area contributed by atoms with Crippen LogP contribution in [0.25, 0.3) is 5.69 Å². The minimum absolute atomic E-state index is 0.0228. The summed E-state index contributed by atoms with van der Waals surface area (Å²) in [6.07, 6.45) is 3.56. The average Bonchev–Trinajstić information content (AvgIpc) is 3.11. The SMILES string of the molecule is CNC1CCN(C(=O)c2ccn(-c3ccc([N+](=O)[O-])cc3)n2)CC1. The predicted octanol–water partition coefficient (Wildman–Crippen LogP) is 1.60. The highest BCUT2D eigenvalue weighted by molar-refractivity contribution is 5.92. The highest BCUT2D eigenvalue weighted by Crippen LogP contribution is 2.16. The van der Waals surface area contributed by atoms with E-state index < -0.39 is 4.92 Å². The van der Waals surface area contributed by atoms with Gasteiger partial charge in [-0.05, 0) is 38.1 Å². The summed E-state index contributed by atoms with van der Waals surface area (Å²) in [6, 6.07) is 8.19. The molecule has 0 radical (unpaired) electrons. The number of aromatic nitrogens is 2. The molecule has 0 saturated carbocycles. The van der Waals surface area contributed by atoms with Crippen molar-refractivity contribution in [3.8, 4) is 5.69 Å². The zero-order valence-corrected chi connectivity index (χ0v) is 13.4. The first-order valence-corrected chi connectivity index (χ1v) is 7.85. The van der Waals surface area contributed by atoms with Crippen molar-refractivity contribution in [2.45, 2.75) is 18.9 Å². The Morgan fingerprint density at radius 1 is 1.25 bits per heavy atom. The van der Waals surface area contributed by atoms with Crippen LogP contribution < -0.4 is 5.32 Å². The number of likely N-dealkylation sites (tertiary alicyclic amines) is 1. The van der Waals surface area contributed by atoms with Crippen molar-refractivity contribution < 1.29 is 9.72 Å². The van der Waals surface area contributed by atoms with Gasteiger partial charge in [0, 0.05) is 37.5 Å². The van der Waals surface area contributed by atoms with Crippen LogP contribution in [-0.2, 0) is 0 Å². The van der Waals surface area contributed by atoms with E-state index in [2.05, 4.69) is 10.4 Å². The number of nitro groups is 1. The smallest absolute Gasteiger partial charge is 0.274 e. The van der Waals surface area contributed by atoms with Gasteiger partial charge in [-0.1, -0.05) is 0 Å². The predicted molar refractivity (Wildman–Crippen MR) is 88.2 cm³/mol. The maximum Gasteiger partial charge on any atom is 0.274 e. The summed E-state index contributed by atoms with van der Waals surface area (Å²) in [7, 11) is 1.94. The van der Waals surface area contributed by atoms with Crippen LogP contribution in [0.4, 0.5) is 5.69 Å². The summed E-state index contributed by atoms with van der Waals surface area (Å²) < 4.78 is 1.55. The lowest BCUT2D eigenvalue weighted by Gasteiger charge is -2.31. The Kier molecular flexibility index (Phi) is 4.57. The normalized spacial score (nSPS) is 15.5. The molecule has 24 heavy (non-hydrogen) atoms. The van der Waals surface area contributed by atoms with E-state index in [0.717, 1.165) is 12.8 Å². The van der Waals surface area contributed by atoms with Gasteiger partial charge >= 0.3 is 0 Å². The highest BCUT2D eigenvalue weighted by Gasteiger charge is 2.24. The van der Waals surface area contributed by atoms with Crippen molar-refractivity contribution >= 4 is 11.6 Å². The number of carbonyl (C=O) groups excluding carboxylic acids is 1. The number of piperidine rings is 1. The van der Waals surface area contributed by atoms with Gasteiger partial charge in [0.05, 0.1) is 10.6 Å². The Labute approximate surface area is 139 Å². The van der Waals surface area contributed by atoms with Crippen molar-refractivity contribution in [2.24, 2.45) is 0 Å². The van der Waals surface area contributed by atoms with Crippen LogP contribution in [0, 0.1) is 10.1 Å². The molecule has 1 saturated heterocycles. The van der Waals surface area contributed by atoms with E-state index in [1.165, 1.54) is 12.1 Å². The van der Waals surface area contributed by atoms with Gasteiger partial charge < -0.3 is 10.2 Å². The first-order valence-electron chi connectivity index (χ1n) is 7.85. The van der Waals surface area contributed by atoms with E-state index in [-0.39, 0.29) is 11.6 Å². The Morgan fingerprint density at radius 2 is 1.92 bits per heavy atom. The molecule has 8 heteroatoms. The molecule has 1 amide bonds. The van der Waals surface area contributed by atoms with Crippen LogP contribution >= 0.6 is 0 Å². The Morgan fingerprint density at radius 3 is 2.50 bits per heavy atom. The molecule has 0 spiro atoms. The third kappa shape index (κ3) is 3.28. The van der Waals surface area contributed by atoms with E-state index in [0.29, 0.717) is 30.5 Å². The average molecular weight is 329 g/mol. The van der Waals surface area contributed by atoms with Crippen LogP contribution in [-0.4, -0.2) is 51.7 Å². The highest BCUT2D eigenvalue weighted by atomic mass is 16.6. The van der Waals surface area contributed by atoms with Crippen LogP contribution in [0.1, 0.15) is 23.3 Å². The molecule has 0 bridgehead atoms. The quantitative estimate of drug-likeness (QED) is 0.679. The number of rotatable bonds is 4. The molecule has 126 valence electrons. The van der Waals surface area contributed by atoms with Gasteiger partial charge in [-0.25, -0.2) is 4.68 Å². The van der Waals surface area contributed by atoms with Gasteiger partial charge in [0.15, 0.2) is 5.69 Å². The van der Waals surface area contributed by atoms with Gasteiger partial charge in [0.25, 0.3) is 11.6 Å².